The van der Waals surface area contributed by atoms with Crippen LogP contribution in [-0.4, -0.2) is 12.6 Å². The van der Waals surface area contributed by atoms with Crippen LogP contribution in [-0.2, 0) is 6.42 Å². The van der Waals surface area contributed by atoms with Crippen LogP contribution in [0.4, 0.5) is 8.78 Å². The molecule has 1 nitrogen and oxygen atoms in total. The first-order valence-corrected chi connectivity index (χ1v) is 5.92. The molecule has 1 aromatic rings. The summed E-state index contributed by atoms with van der Waals surface area (Å²) in [5.74, 6) is -0.961. The highest BCUT2D eigenvalue weighted by atomic mass is 19.1. The van der Waals surface area contributed by atoms with E-state index in [-0.39, 0.29) is 0 Å². The number of benzene rings is 1. The molecule has 0 aliphatic heterocycles. The summed E-state index contributed by atoms with van der Waals surface area (Å²) in [7, 11) is 0. The van der Waals surface area contributed by atoms with E-state index < -0.39 is 11.6 Å². The van der Waals surface area contributed by atoms with Gasteiger partial charge in [0.2, 0.25) is 0 Å². The second kappa shape index (κ2) is 5.39. The molecule has 0 amide bonds. The summed E-state index contributed by atoms with van der Waals surface area (Å²) in [6.45, 7) is 1.02. The lowest BCUT2D eigenvalue weighted by atomic mass is 10.1. The summed E-state index contributed by atoms with van der Waals surface area (Å²) in [6.07, 6.45) is 5.39. The molecule has 1 aliphatic carbocycles. The van der Waals surface area contributed by atoms with Crippen molar-refractivity contribution in [3.8, 4) is 0 Å². The monoisotopic (exact) mass is 225 g/mol. The minimum Gasteiger partial charge on any atom is -0.314 e. The van der Waals surface area contributed by atoms with E-state index in [1.807, 2.05) is 0 Å². The van der Waals surface area contributed by atoms with E-state index in [4.69, 9.17) is 0 Å². The smallest absolute Gasteiger partial charge is 0.126 e. The first-order valence-electron chi connectivity index (χ1n) is 5.92. The molecule has 0 heterocycles. The molecule has 1 aromatic carbocycles. The molecule has 0 spiro atoms. The molecule has 0 atom stereocenters. The van der Waals surface area contributed by atoms with Crippen LogP contribution in [0, 0.1) is 11.6 Å². The largest absolute Gasteiger partial charge is 0.314 e. The fourth-order valence-electron chi connectivity index (χ4n) is 1.80. The zero-order valence-electron chi connectivity index (χ0n) is 9.31. The number of hydrogen-bond donors (Lipinski definition) is 1. The second-order valence-corrected chi connectivity index (χ2v) is 4.46. The minimum atomic E-state index is -0.480. The Hall–Kier alpha value is -0.960. The van der Waals surface area contributed by atoms with Crippen molar-refractivity contribution in [1.29, 1.82) is 0 Å². The predicted molar refractivity (Wildman–Crippen MR) is 60.3 cm³/mol. The standard InChI is InChI=1S/C13H17F2N/c14-11-7-10(8-12(15)9-11)3-1-2-6-16-13-4-5-13/h7-9,13,16H,1-6H2. The van der Waals surface area contributed by atoms with Crippen molar-refractivity contribution in [3.05, 3.63) is 35.4 Å². The van der Waals surface area contributed by atoms with Crippen LogP contribution in [0.2, 0.25) is 0 Å². The zero-order valence-corrected chi connectivity index (χ0v) is 9.31. The molecular formula is C13H17F2N. The summed E-state index contributed by atoms with van der Waals surface area (Å²) in [5.41, 5.74) is 0.754. The van der Waals surface area contributed by atoms with Gasteiger partial charge in [-0.3, -0.25) is 0 Å². The highest BCUT2D eigenvalue weighted by Gasteiger charge is 2.19. The summed E-state index contributed by atoms with van der Waals surface area (Å²) < 4.78 is 25.7. The molecule has 0 bridgehead atoms. The molecule has 16 heavy (non-hydrogen) atoms. The molecule has 0 unspecified atom stereocenters. The summed E-state index contributed by atoms with van der Waals surface area (Å²) in [6, 6.07) is 4.49. The first-order chi connectivity index (χ1) is 7.74. The Morgan fingerprint density at radius 3 is 2.38 bits per heavy atom. The average Bonchev–Trinajstić information content (AvgIpc) is 2.99. The quantitative estimate of drug-likeness (QED) is 0.734. The summed E-state index contributed by atoms with van der Waals surface area (Å²) >= 11 is 0. The highest BCUT2D eigenvalue weighted by molar-refractivity contribution is 5.17. The van der Waals surface area contributed by atoms with E-state index >= 15 is 0 Å². The topological polar surface area (TPSA) is 12.0 Å². The lowest BCUT2D eigenvalue weighted by Crippen LogP contribution is -2.17. The number of rotatable bonds is 6. The van der Waals surface area contributed by atoms with Crippen LogP contribution in [0.25, 0.3) is 0 Å². The molecule has 1 aliphatic rings. The van der Waals surface area contributed by atoms with Crippen molar-refractivity contribution in [2.75, 3.05) is 6.54 Å². The Morgan fingerprint density at radius 2 is 1.75 bits per heavy atom. The van der Waals surface area contributed by atoms with E-state index in [2.05, 4.69) is 5.32 Å². The van der Waals surface area contributed by atoms with Crippen LogP contribution < -0.4 is 5.32 Å². The van der Waals surface area contributed by atoms with Gasteiger partial charge in [0, 0.05) is 12.1 Å². The molecule has 0 aromatic heterocycles. The van der Waals surface area contributed by atoms with Crippen molar-refractivity contribution in [2.24, 2.45) is 0 Å². The molecule has 3 heteroatoms. The SMILES string of the molecule is Fc1cc(F)cc(CCCCNC2CC2)c1. The number of hydrogen-bond acceptors (Lipinski definition) is 1. The maximum Gasteiger partial charge on any atom is 0.126 e. The van der Waals surface area contributed by atoms with Crippen LogP contribution in [0.3, 0.4) is 0 Å². The van der Waals surface area contributed by atoms with Gasteiger partial charge in [0.05, 0.1) is 0 Å². The van der Waals surface area contributed by atoms with Crippen LogP contribution in [0.1, 0.15) is 31.2 Å². The van der Waals surface area contributed by atoms with Gasteiger partial charge in [0.15, 0.2) is 0 Å². The lowest BCUT2D eigenvalue weighted by molar-refractivity contribution is 0.575. The van der Waals surface area contributed by atoms with Gasteiger partial charge < -0.3 is 5.32 Å². The van der Waals surface area contributed by atoms with Crippen molar-refractivity contribution < 1.29 is 8.78 Å². The third-order valence-corrected chi connectivity index (χ3v) is 2.82. The third kappa shape index (κ3) is 3.89. The van der Waals surface area contributed by atoms with Gasteiger partial charge in [-0.1, -0.05) is 0 Å². The van der Waals surface area contributed by atoms with Crippen LogP contribution in [0.15, 0.2) is 18.2 Å². The normalized spacial score (nSPS) is 15.4. The maximum atomic E-state index is 12.9. The van der Waals surface area contributed by atoms with Crippen molar-refractivity contribution in [2.45, 2.75) is 38.1 Å². The van der Waals surface area contributed by atoms with Gasteiger partial charge >= 0.3 is 0 Å². The van der Waals surface area contributed by atoms with Gasteiger partial charge in [-0.15, -0.1) is 0 Å². The maximum absolute atomic E-state index is 12.9. The van der Waals surface area contributed by atoms with Gasteiger partial charge in [0.1, 0.15) is 11.6 Å². The number of halogens is 2. The van der Waals surface area contributed by atoms with Crippen LogP contribution >= 0.6 is 0 Å². The molecule has 2 rings (SSSR count). The first kappa shape index (κ1) is 11.5. The molecule has 1 N–H and O–H groups in total. The van der Waals surface area contributed by atoms with Gasteiger partial charge in [0.25, 0.3) is 0 Å². The number of aryl methyl sites for hydroxylation is 1. The molecule has 0 radical (unpaired) electrons. The van der Waals surface area contributed by atoms with E-state index in [0.29, 0.717) is 0 Å². The van der Waals surface area contributed by atoms with Gasteiger partial charge in [-0.2, -0.15) is 0 Å². The van der Waals surface area contributed by atoms with E-state index in [9.17, 15) is 8.78 Å². The van der Waals surface area contributed by atoms with Crippen molar-refractivity contribution in [3.63, 3.8) is 0 Å². The Labute approximate surface area is 94.9 Å². The third-order valence-electron chi connectivity index (χ3n) is 2.82. The Balaban J connectivity index is 1.67. The van der Waals surface area contributed by atoms with E-state index in [1.165, 1.54) is 25.0 Å². The fourth-order valence-corrected chi connectivity index (χ4v) is 1.80. The molecule has 0 saturated heterocycles. The van der Waals surface area contributed by atoms with Gasteiger partial charge in [-0.05, 0) is 56.3 Å². The summed E-state index contributed by atoms with van der Waals surface area (Å²) in [4.78, 5) is 0. The molecule has 1 fully saturated rings. The average molecular weight is 225 g/mol. The number of nitrogens with one attached hydrogen (secondary N) is 1. The number of unbranched alkanes of at least 4 members (excludes halogenated alkanes) is 1. The highest BCUT2D eigenvalue weighted by Crippen LogP contribution is 2.18. The van der Waals surface area contributed by atoms with Crippen LogP contribution in [0.5, 0.6) is 0 Å². The van der Waals surface area contributed by atoms with Crippen molar-refractivity contribution in [1.82, 2.24) is 5.32 Å². The Bertz CT molecular complexity index is 328. The minimum absolute atomic E-state index is 0.480. The second-order valence-electron chi connectivity index (χ2n) is 4.46. The molecule has 88 valence electrons. The van der Waals surface area contributed by atoms with E-state index in [0.717, 1.165) is 43.5 Å². The van der Waals surface area contributed by atoms with E-state index in [1.54, 1.807) is 0 Å². The predicted octanol–water partition coefficient (Wildman–Crippen LogP) is 3.04. The molecular weight excluding hydrogens is 208 g/mol. The Morgan fingerprint density at radius 1 is 1.06 bits per heavy atom. The van der Waals surface area contributed by atoms with Crippen molar-refractivity contribution >= 4 is 0 Å². The summed E-state index contributed by atoms with van der Waals surface area (Å²) in [5, 5.41) is 3.42. The molecule has 1 saturated carbocycles. The fraction of sp³-hybridized carbons (Fsp3) is 0.538. The lowest BCUT2D eigenvalue weighted by Gasteiger charge is -2.03. The van der Waals surface area contributed by atoms with Gasteiger partial charge in [-0.25, -0.2) is 8.78 Å². The zero-order chi connectivity index (χ0) is 11.4. The Kier molecular flexibility index (Phi) is 3.88.